The standard InChI is InChI=1S/C16H18FNO2/c1-18(10-13-4-2-3-5-15(13)19)11-16(20)12-6-8-14(17)9-7-12/h2-9,16,19-20H,10-11H2,1H3. The average molecular weight is 275 g/mol. The summed E-state index contributed by atoms with van der Waals surface area (Å²) >= 11 is 0. The number of rotatable bonds is 5. The highest BCUT2D eigenvalue weighted by molar-refractivity contribution is 5.31. The highest BCUT2D eigenvalue weighted by Crippen LogP contribution is 2.19. The molecule has 0 aromatic heterocycles. The number of hydrogen-bond donors (Lipinski definition) is 2. The number of nitrogens with zero attached hydrogens (tertiary/aromatic N) is 1. The molecule has 2 aromatic carbocycles. The number of aliphatic hydroxyl groups is 1. The van der Waals surface area contributed by atoms with Crippen LogP contribution in [0.3, 0.4) is 0 Å². The first kappa shape index (κ1) is 14.5. The molecule has 0 amide bonds. The monoisotopic (exact) mass is 275 g/mol. The van der Waals surface area contributed by atoms with Gasteiger partial charge in [0.25, 0.3) is 0 Å². The number of para-hydroxylation sites is 1. The van der Waals surface area contributed by atoms with Gasteiger partial charge in [-0.05, 0) is 30.8 Å². The van der Waals surface area contributed by atoms with Gasteiger partial charge in [-0.2, -0.15) is 0 Å². The van der Waals surface area contributed by atoms with Crippen molar-refractivity contribution in [2.24, 2.45) is 0 Å². The zero-order valence-electron chi connectivity index (χ0n) is 11.3. The second-order valence-corrected chi connectivity index (χ2v) is 4.89. The molecule has 2 N–H and O–H groups in total. The Balaban J connectivity index is 1.96. The minimum Gasteiger partial charge on any atom is -0.508 e. The summed E-state index contributed by atoms with van der Waals surface area (Å²) in [5.41, 5.74) is 1.48. The summed E-state index contributed by atoms with van der Waals surface area (Å²) in [5, 5.41) is 19.8. The maximum Gasteiger partial charge on any atom is 0.123 e. The predicted octanol–water partition coefficient (Wildman–Crippen LogP) is 2.70. The Morgan fingerprint density at radius 1 is 1.10 bits per heavy atom. The third-order valence-corrected chi connectivity index (χ3v) is 3.17. The number of hydrogen-bond acceptors (Lipinski definition) is 3. The van der Waals surface area contributed by atoms with Crippen molar-refractivity contribution in [3.63, 3.8) is 0 Å². The van der Waals surface area contributed by atoms with Crippen LogP contribution >= 0.6 is 0 Å². The van der Waals surface area contributed by atoms with Crippen molar-refractivity contribution < 1.29 is 14.6 Å². The molecular weight excluding hydrogens is 257 g/mol. The van der Waals surface area contributed by atoms with Gasteiger partial charge in [0.2, 0.25) is 0 Å². The van der Waals surface area contributed by atoms with Crippen LogP contribution in [0, 0.1) is 5.82 Å². The van der Waals surface area contributed by atoms with E-state index in [2.05, 4.69) is 0 Å². The van der Waals surface area contributed by atoms with Gasteiger partial charge in [-0.15, -0.1) is 0 Å². The minimum atomic E-state index is -0.688. The largest absolute Gasteiger partial charge is 0.508 e. The molecule has 2 rings (SSSR count). The van der Waals surface area contributed by atoms with E-state index in [0.717, 1.165) is 5.56 Å². The fraction of sp³-hybridized carbons (Fsp3) is 0.250. The van der Waals surface area contributed by atoms with Gasteiger partial charge in [0.1, 0.15) is 11.6 Å². The molecule has 0 fully saturated rings. The molecular formula is C16H18FNO2. The number of aromatic hydroxyl groups is 1. The summed E-state index contributed by atoms with van der Waals surface area (Å²) in [6.45, 7) is 0.935. The van der Waals surface area contributed by atoms with Gasteiger partial charge in [0, 0.05) is 18.7 Å². The van der Waals surface area contributed by atoms with Crippen LogP contribution in [0.25, 0.3) is 0 Å². The molecule has 0 bridgehead atoms. The second-order valence-electron chi connectivity index (χ2n) is 4.89. The van der Waals surface area contributed by atoms with Crippen LogP contribution in [0.2, 0.25) is 0 Å². The Labute approximate surface area is 117 Å². The van der Waals surface area contributed by atoms with Gasteiger partial charge >= 0.3 is 0 Å². The molecule has 0 saturated carbocycles. The van der Waals surface area contributed by atoms with E-state index in [0.29, 0.717) is 18.7 Å². The van der Waals surface area contributed by atoms with Crippen molar-refractivity contribution in [2.45, 2.75) is 12.6 Å². The van der Waals surface area contributed by atoms with E-state index in [9.17, 15) is 14.6 Å². The molecule has 0 aliphatic carbocycles. The third-order valence-electron chi connectivity index (χ3n) is 3.17. The Morgan fingerprint density at radius 2 is 1.75 bits per heavy atom. The predicted molar refractivity (Wildman–Crippen MR) is 75.8 cm³/mol. The first-order valence-corrected chi connectivity index (χ1v) is 6.45. The van der Waals surface area contributed by atoms with Gasteiger partial charge in [-0.25, -0.2) is 4.39 Å². The number of benzene rings is 2. The average Bonchev–Trinajstić information content (AvgIpc) is 2.42. The number of phenolic OH excluding ortho intramolecular Hbond substituents is 1. The van der Waals surface area contributed by atoms with Crippen LogP contribution in [0.15, 0.2) is 48.5 Å². The van der Waals surface area contributed by atoms with Crippen molar-refractivity contribution in [1.29, 1.82) is 0 Å². The van der Waals surface area contributed by atoms with Crippen LogP contribution in [0.4, 0.5) is 4.39 Å². The molecule has 3 nitrogen and oxygen atoms in total. The van der Waals surface area contributed by atoms with Gasteiger partial charge < -0.3 is 10.2 Å². The Hall–Kier alpha value is -1.91. The summed E-state index contributed by atoms with van der Waals surface area (Å²) in [6, 6.07) is 12.9. The van der Waals surface area contributed by atoms with E-state index in [1.165, 1.54) is 12.1 Å². The maximum absolute atomic E-state index is 12.8. The summed E-state index contributed by atoms with van der Waals surface area (Å²) < 4.78 is 12.8. The Bertz CT molecular complexity index is 557. The number of phenols is 1. The van der Waals surface area contributed by atoms with Crippen molar-refractivity contribution in [2.75, 3.05) is 13.6 Å². The molecule has 0 aliphatic rings. The fourth-order valence-corrected chi connectivity index (χ4v) is 2.09. The number of halogens is 1. The molecule has 4 heteroatoms. The molecule has 20 heavy (non-hydrogen) atoms. The third kappa shape index (κ3) is 3.79. The molecule has 1 unspecified atom stereocenters. The fourth-order valence-electron chi connectivity index (χ4n) is 2.09. The molecule has 106 valence electrons. The maximum atomic E-state index is 12.8. The zero-order chi connectivity index (χ0) is 14.5. The van der Waals surface area contributed by atoms with Crippen LogP contribution in [0.1, 0.15) is 17.2 Å². The van der Waals surface area contributed by atoms with E-state index in [1.807, 2.05) is 24.1 Å². The SMILES string of the molecule is CN(Cc1ccccc1O)CC(O)c1ccc(F)cc1. The lowest BCUT2D eigenvalue weighted by Crippen LogP contribution is -2.24. The van der Waals surface area contributed by atoms with Gasteiger partial charge in [-0.1, -0.05) is 30.3 Å². The highest BCUT2D eigenvalue weighted by atomic mass is 19.1. The normalized spacial score (nSPS) is 12.6. The molecule has 1 atom stereocenters. The van der Waals surface area contributed by atoms with Gasteiger partial charge in [0.15, 0.2) is 0 Å². The Kier molecular flexibility index (Phi) is 4.71. The second kappa shape index (κ2) is 6.50. The van der Waals surface area contributed by atoms with Crippen LogP contribution < -0.4 is 0 Å². The van der Waals surface area contributed by atoms with E-state index < -0.39 is 6.10 Å². The zero-order valence-corrected chi connectivity index (χ0v) is 11.3. The van der Waals surface area contributed by atoms with Crippen LogP contribution in [-0.2, 0) is 6.54 Å². The number of likely N-dealkylation sites (N-methyl/N-ethyl adjacent to an activating group) is 1. The first-order valence-electron chi connectivity index (χ1n) is 6.45. The van der Waals surface area contributed by atoms with Crippen LogP contribution in [-0.4, -0.2) is 28.7 Å². The van der Waals surface area contributed by atoms with Crippen molar-refractivity contribution >= 4 is 0 Å². The molecule has 0 heterocycles. The van der Waals surface area contributed by atoms with Crippen molar-refractivity contribution in [1.82, 2.24) is 4.90 Å². The van der Waals surface area contributed by atoms with Crippen LogP contribution in [0.5, 0.6) is 5.75 Å². The van der Waals surface area contributed by atoms with Crippen molar-refractivity contribution in [3.05, 3.63) is 65.5 Å². The van der Waals surface area contributed by atoms with Crippen molar-refractivity contribution in [3.8, 4) is 5.75 Å². The van der Waals surface area contributed by atoms with E-state index in [-0.39, 0.29) is 11.6 Å². The lowest BCUT2D eigenvalue weighted by atomic mass is 10.1. The molecule has 0 saturated heterocycles. The lowest BCUT2D eigenvalue weighted by molar-refractivity contribution is 0.123. The van der Waals surface area contributed by atoms with E-state index in [1.54, 1.807) is 24.3 Å². The lowest BCUT2D eigenvalue weighted by Gasteiger charge is -2.21. The number of aliphatic hydroxyl groups excluding tert-OH is 1. The van der Waals surface area contributed by atoms with Gasteiger partial charge in [-0.3, -0.25) is 4.90 Å². The molecule has 0 radical (unpaired) electrons. The van der Waals surface area contributed by atoms with E-state index in [4.69, 9.17) is 0 Å². The topological polar surface area (TPSA) is 43.7 Å². The molecule has 0 aliphatic heterocycles. The van der Waals surface area contributed by atoms with E-state index >= 15 is 0 Å². The summed E-state index contributed by atoms with van der Waals surface area (Å²) in [4.78, 5) is 1.91. The Morgan fingerprint density at radius 3 is 2.40 bits per heavy atom. The quantitative estimate of drug-likeness (QED) is 0.881. The molecule has 2 aromatic rings. The molecule has 0 spiro atoms. The minimum absolute atomic E-state index is 0.246. The highest BCUT2D eigenvalue weighted by Gasteiger charge is 2.12. The summed E-state index contributed by atoms with van der Waals surface area (Å²) in [5.74, 6) is -0.0702. The smallest absolute Gasteiger partial charge is 0.123 e. The van der Waals surface area contributed by atoms with Gasteiger partial charge in [0.05, 0.1) is 6.10 Å². The first-order chi connectivity index (χ1) is 9.56. The summed E-state index contributed by atoms with van der Waals surface area (Å²) in [6.07, 6.45) is -0.688. The summed E-state index contributed by atoms with van der Waals surface area (Å²) in [7, 11) is 1.86.